The largest absolute Gasteiger partial charge is 0.342 e. The van der Waals surface area contributed by atoms with Crippen molar-refractivity contribution in [2.24, 2.45) is 0 Å². The molecule has 0 atom stereocenters. The van der Waals surface area contributed by atoms with Crippen LogP contribution in [-0.2, 0) is 24.0 Å². The summed E-state index contributed by atoms with van der Waals surface area (Å²) in [5.41, 5.74) is 0.0133. The van der Waals surface area contributed by atoms with E-state index >= 15 is 4.39 Å². The van der Waals surface area contributed by atoms with Crippen LogP contribution in [0.5, 0.6) is 0 Å². The Balaban J connectivity index is 2.38. The van der Waals surface area contributed by atoms with E-state index in [1.165, 1.54) is 66.7 Å². The van der Waals surface area contributed by atoms with Gasteiger partial charge >= 0.3 is 4.33 Å². The molecule has 0 N–H and O–H groups in total. The van der Waals surface area contributed by atoms with Crippen LogP contribution >= 0.6 is 0 Å². The molecule has 0 spiro atoms. The van der Waals surface area contributed by atoms with Gasteiger partial charge in [0.2, 0.25) is 19.7 Å². The van der Waals surface area contributed by atoms with Crippen molar-refractivity contribution in [1.82, 2.24) is 0 Å². The third-order valence-corrected chi connectivity index (χ3v) is 9.34. The van der Waals surface area contributed by atoms with Crippen LogP contribution in [0, 0.1) is 0 Å². The highest BCUT2D eigenvalue weighted by atomic mass is 32.3. The Hall–Kier alpha value is -2.77. The zero-order valence-electron chi connectivity index (χ0n) is 15.6. The summed E-state index contributed by atoms with van der Waals surface area (Å²) in [6.45, 7) is 1.75. The summed E-state index contributed by atoms with van der Waals surface area (Å²) >= 11 is 0. The molecule has 0 fully saturated rings. The maximum Gasteiger partial charge on any atom is 0.342 e. The summed E-state index contributed by atoms with van der Waals surface area (Å²) < 4.78 is 66.4. The number of alkyl halides is 1. The van der Waals surface area contributed by atoms with Crippen molar-refractivity contribution in [3.05, 3.63) is 102 Å². The van der Waals surface area contributed by atoms with E-state index in [0.717, 1.165) is 0 Å². The van der Waals surface area contributed by atoms with Crippen molar-refractivity contribution in [1.29, 1.82) is 0 Å². The lowest BCUT2D eigenvalue weighted by Gasteiger charge is -2.26. The fourth-order valence-corrected chi connectivity index (χ4v) is 7.22. The second-order valence-electron chi connectivity index (χ2n) is 6.29. The molecule has 3 aromatic carbocycles. The quantitative estimate of drug-likeness (QED) is 0.566. The van der Waals surface area contributed by atoms with Crippen LogP contribution in [0.1, 0.15) is 18.1 Å². The minimum Gasteiger partial charge on any atom is -0.219 e. The Labute approximate surface area is 170 Å². The third-order valence-electron chi connectivity index (χ3n) is 4.39. The molecule has 7 heteroatoms. The van der Waals surface area contributed by atoms with Crippen molar-refractivity contribution in [2.75, 3.05) is 0 Å². The second kappa shape index (κ2) is 7.93. The monoisotopic (exact) mass is 430 g/mol. The van der Waals surface area contributed by atoms with E-state index in [1.807, 2.05) is 0 Å². The average molecular weight is 431 g/mol. The molecule has 3 rings (SSSR count). The van der Waals surface area contributed by atoms with Crippen molar-refractivity contribution < 1.29 is 21.2 Å². The predicted octanol–water partition coefficient (Wildman–Crippen LogP) is 4.75. The number of allylic oxidation sites excluding steroid dienone is 1. The maximum absolute atomic E-state index is 16.7. The molecule has 0 aromatic heterocycles. The first-order chi connectivity index (χ1) is 13.7. The van der Waals surface area contributed by atoms with Gasteiger partial charge in [-0.25, -0.2) is 21.2 Å². The molecule has 0 aliphatic carbocycles. The fourth-order valence-electron chi connectivity index (χ4n) is 2.98. The lowest BCUT2D eigenvalue weighted by Crippen LogP contribution is -2.39. The smallest absolute Gasteiger partial charge is 0.219 e. The third kappa shape index (κ3) is 3.52. The summed E-state index contributed by atoms with van der Waals surface area (Å²) in [7, 11) is -9.94. The van der Waals surface area contributed by atoms with Gasteiger partial charge in [0.15, 0.2) is 0 Å². The molecule has 29 heavy (non-hydrogen) atoms. The number of halogens is 1. The zero-order chi connectivity index (χ0) is 21.1. The number of benzene rings is 3. The first-order valence-corrected chi connectivity index (χ1v) is 11.7. The molecule has 0 saturated heterocycles. The van der Waals surface area contributed by atoms with Crippen LogP contribution in [0.3, 0.4) is 0 Å². The van der Waals surface area contributed by atoms with Crippen molar-refractivity contribution in [2.45, 2.75) is 21.0 Å². The van der Waals surface area contributed by atoms with Gasteiger partial charge in [-0.15, -0.1) is 0 Å². The van der Waals surface area contributed by atoms with Gasteiger partial charge in [0.25, 0.3) is 0 Å². The molecule has 0 aliphatic rings. The van der Waals surface area contributed by atoms with Gasteiger partial charge in [-0.05, 0) is 42.8 Å². The Morgan fingerprint density at radius 1 is 0.724 bits per heavy atom. The number of rotatable bonds is 6. The molecule has 0 heterocycles. The predicted molar refractivity (Wildman–Crippen MR) is 111 cm³/mol. The summed E-state index contributed by atoms with van der Waals surface area (Å²) in [6.07, 6.45) is 3.32. The minimum absolute atomic E-state index is 0.418. The molecular weight excluding hydrogens is 411 g/mol. The minimum atomic E-state index is -4.97. The molecule has 150 valence electrons. The average Bonchev–Trinajstić information content (AvgIpc) is 2.74. The van der Waals surface area contributed by atoms with Crippen molar-refractivity contribution in [3.63, 3.8) is 0 Å². The van der Waals surface area contributed by atoms with E-state index in [4.69, 9.17) is 0 Å². The van der Waals surface area contributed by atoms with Gasteiger partial charge in [0.1, 0.15) is 0 Å². The molecule has 4 nitrogen and oxygen atoms in total. The lowest BCUT2D eigenvalue weighted by molar-refractivity contribution is 0.363. The van der Waals surface area contributed by atoms with Crippen LogP contribution in [0.2, 0.25) is 0 Å². The van der Waals surface area contributed by atoms with E-state index in [-0.39, 0.29) is 0 Å². The number of hydrogen-bond donors (Lipinski definition) is 0. The first-order valence-electron chi connectivity index (χ1n) is 8.76. The van der Waals surface area contributed by atoms with Gasteiger partial charge in [-0.3, -0.25) is 0 Å². The molecule has 0 unspecified atom stereocenters. The Morgan fingerprint density at radius 3 is 1.66 bits per heavy atom. The normalized spacial score (nSPS) is 12.9. The lowest BCUT2D eigenvalue weighted by atomic mass is 10.1. The second-order valence-corrected chi connectivity index (χ2v) is 10.6. The highest BCUT2D eigenvalue weighted by molar-refractivity contribution is 8.09. The Bertz CT molecular complexity index is 1160. The Morgan fingerprint density at radius 2 is 1.21 bits per heavy atom. The number of hydrogen-bond acceptors (Lipinski definition) is 4. The fraction of sp³-hybridized carbons (Fsp3) is 0.0909. The van der Waals surface area contributed by atoms with Crippen molar-refractivity contribution >= 4 is 25.8 Å². The molecule has 0 bridgehead atoms. The zero-order valence-corrected chi connectivity index (χ0v) is 17.2. The van der Waals surface area contributed by atoms with Crippen LogP contribution in [0.15, 0.2) is 101 Å². The molecule has 0 saturated carbocycles. The summed E-state index contributed by atoms with van der Waals surface area (Å²) in [5, 5.41) is 0. The molecule has 0 radical (unpaired) electrons. The van der Waals surface area contributed by atoms with Gasteiger partial charge in [0, 0.05) is 5.56 Å². The Kier molecular flexibility index (Phi) is 5.73. The van der Waals surface area contributed by atoms with E-state index in [2.05, 4.69) is 0 Å². The van der Waals surface area contributed by atoms with Gasteiger partial charge in [0.05, 0.1) is 9.79 Å². The van der Waals surface area contributed by atoms with Gasteiger partial charge in [-0.2, -0.15) is 0 Å². The van der Waals surface area contributed by atoms with Gasteiger partial charge < -0.3 is 0 Å². The van der Waals surface area contributed by atoms with Crippen LogP contribution in [-0.4, -0.2) is 16.8 Å². The van der Waals surface area contributed by atoms with Gasteiger partial charge in [-0.1, -0.05) is 66.7 Å². The number of sulfone groups is 2. The highest BCUT2D eigenvalue weighted by Gasteiger charge is 2.58. The van der Waals surface area contributed by atoms with E-state index in [1.54, 1.807) is 37.3 Å². The summed E-state index contributed by atoms with van der Waals surface area (Å²) in [5.74, 6) is 0. The standard InChI is InChI=1S/C22H19FO4S2/c1-2-10-18-11-9-12-19(17-18)22(23,28(24,25)20-13-5-3-6-14-20)29(26,27)21-15-7-4-8-16-21/h2-17H,1H3. The molecule has 0 amide bonds. The topological polar surface area (TPSA) is 68.3 Å². The summed E-state index contributed by atoms with van der Waals surface area (Å²) in [6, 6.07) is 19.0. The highest BCUT2D eigenvalue weighted by Crippen LogP contribution is 2.45. The first kappa shape index (κ1) is 21.0. The summed E-state index contributed by atoms with van der Waals surface area (Å²) in [4.78, 5) is -0.836. The van der Waals surface area contributed by atoms with E-state index < -0.39 is 39.4 Å². The maximum atomic E-state index is 16.7. The van der Waals surface area contributed by atoms with Crippen LogP contribution < -0.4 is 0 Å². The molecule has 0 aliphatic heterocycles. The van der Waals surface area contributed by atoms with E-state index in [0.29, 0.717) is 5.56 Å². The van der Waals surface area contributed by atoms with Crippen LogP contribution in [0.4, 0.5) is 4.39 Å². The van der Waals surface area contributed by atoms with E-state index in [9.17, 15) is 16.8 Å². The molecule has 3 aromatic rings. The SMILES string of the molecule is CC=Cc1cccc(C(F)(S(=O)(=O)c2ccccc2)S(=O)(=O)c2ccccc2)c1. The van der Waals surface area contributed by atoms with Crippen LogP contribution in [0.25, 0.3) is 6.08 Å². The van der Waals surface area contributed by atoms with Crippen molar-refractivity contribution in [3.8, 4) is 0 Å². The molecular formula is C22H19FO4S2.